The summed E-state index contributed by atoms with van der Waals surface area (Å²) in [6.45, 7) is 0. The van der Waals surface area contributed by atoms with E-state index in [2.05, 4.69) is 10.6 Å². The van der Waals surface area contributed by atoms with Gasteiger partial charge in [-0.2, -0.15) is 0 Å². The van der Waals surface area contributed by atoms with Gasteiger partial charge in [-0.05, 0) is 43.2 Å². The number of hydrogen-bond acceptors (Lipinski definition) is 2. The molecule has 0 bridgehead atoms. The maximum atomic E-state index is 13.3. The summed E-state index contributed by atoms with van der Waals surface area (Å²) in [5.41, 5.74) is 1.04. The molecule has 1 fully saturated rings. The highest BCUT2D eigenvalue weighted by molar-refractivity contribution is 6.09. The van der Waals surface area contributed by atoms with E-state index in [4.69, 9.17) is 0 Å². The normalized spacial score (nSPS) is 14.4. The molecule has 5 heteroatoms. The van der Waals surface area contributed by atoms with E-state index in [0.717, 1.165) is 31.7 Å². The van der Waals surface area contributed by atoms with Crippen molar-refractivity contribution < 1.29 is 14.0 Å². The van der Waals surface area contributed by atoms with Crippen LogP contribution in [0.25, 0.3) is 0 Å². The number of halogens is 1. The number of amides is 2. The first kappa shape index (κ1) is 16.2. The molecule has 0 radical (unpaired) electrons. The van der Waals surface area contributed by atoms with Crippen molar-refractivity contribution in [3.63, 3.8) is 0 Å². The van der Waals surface area contributed by atoms with E-state index in [9.17, 15) is 14.0 Å². The first-order valence-electron chi connectivity index (χ1n) is 8.10. The van der Waals surface area contributed by atoms with Gasteiger partial charge in [0, 0.05) is 11.6 Å². The Hall–Kier alpha value is -2.69. The molecule has 2 aromatic rings. The minimum absolute atomic E-state index is 0.197. The lowest BCUT2D eigenvalue weighted by atomic mass is 10.1. The lowest BCUT2D eigenvalue weighted by Crippen LogP contribution is -2.33. The number of anilines is 1. The molecule has 0 saturated heterocycles. The second-order valence-electron chi connectivity index (χ2n) is 5.96. The number of carbonyl (C=O) groups excluding carboxylic acids is 2. The highest BCUT2D eigenvalue weighted by Gasteiger charge is 2.20. The van der Waals surface area contributed by atoms with Crippen LogP contribution in [0.1, 0.15) is 46.4 Å². The third kappa shape index (κ3) is 3.79. The molecule has 1 saturated carbocycles. The van der Waals surface area contributed by atoms with Gasteiger partial charge in [0.15, 0.2) is 0 Å². The molecular weight excluding hydrogens is 307 g/mol. The van der Waals surface area contributed by atoms with E-state index in [0.29, 0.717) is 11.3 Å². The van der Waals surface area contributed by atoms with Crippen LogP contribution in [-0.2, 0) is 0 Å². The molecule has 0 aromatic heterocycles. The van der Waals surface area contributed by atoms with Crippen LogP contribution in [0.15, 0.2) is 48.5 Å². The van der Waals surface area contributed by atoms with Crippen LogP contribution in [0.3, 0.4) is 0 Å². The maximum absolute atomic E-state index is 13.3. The Morgan fingerprint density at radius 2 is 1.71 bits per heavy atom. The van der Waals surface area contributed by atoms with Gasteiger partial charge in [0.25, 0.3) is 11.8 Å². The number of para-hydroxylation sites is 1. The summed E-state index contributed by atoms with van der Waals surface area (Å²) in [6.07, 6.45) is 4.24. The van der Waals surface area contributed by atoms with Crippen molar-refractivity contribution in [2.45, 2.75) is 31.7 Å². The van der Waals surface area contributed by atoms with Crippen molar-refractivity contribution in [1.82, 2.24) is 5.32 Å². The summed E-state index contributed by atoms with van der Waals surface area (Å²) in [7, 11) is 0. The van der Waals surface area contributed by atoms with Crippen molar-refractivity contribution in [2.24, 2.45) is 0 Å². The number of nitrogens with one attached hydrogen (secondary N) is 2. The van der Waals surface area contributed by atoms with E-state index >= 15 is 0 Å². The quantitative estimate of drug-likeness (QED) is 0.899. The standard InChI is InChI=1S/C19H19FN2O2/c20-14-7-5-6-13(12-14)18(23)22-17-11-4-3-10-16(17)19(24)21-15-8-1-2-9-15/h3-7,10-12,15H,1-2,8-9H2,(H,21,24)(H,22,23). The average molecular weight is 326 g/mol. The number of benzene rings is 2. The van der Waals surface area contributed by atoms with Gasteiger partial charge in [-0.3, -0.25) is 9.59 Å². The first-order chi connectivity index (χ1) is 11.6. The summed E-state index contributed by atoms with van der Waals surface area (Å²) in [5.74, 6) is -1.12. The Kier molecular flexibility index (Phi) is 4.89. The SMILES string of the molecule is O=C(Nc1ccccc1C(=O)NC1CCCC1)c1cccc(F)c1. The van der Waals surface area contributed by atoms with Gasteiger partial charge in [0.1, 0.15) is 5.82 Å². The van der Waals surface area contributed by atoms with E-state index in [1.807, 2.05) is 0 Å². The Morgan fingerprint density at radius 1 is 0.958 bits per heavy atom. The van der Waals surface area contributed by atoms with Crippen molar-refractivity contribution >= 4 is 17.5 Å². The van der Waals surface area contributed by atoms with Gasteiger partial charge in [-0.25, -0.2) is 4.39 Å². The van der Waals surface area contributed by atoms with Crippen molar-refractivity contribution in [1.29, 1.82) is 0 Å². The van der Waals surface area contributed by atoms with Gasteiger partial charge in [-0.1, -0.05) is 31.0 Å². The first-order valence-corrected chi connectivity index (χ1v) is 8.10. The third-order valence-corrected chi connectivity index (χ3v) is 4.20. The van der Waals surface area contributed by atoms with Crippen molar-refractivity contribution in [3.05, 3.63) is 65.5 Å². The molecule has 0 spiro atoms. The zero-order valence-electron chi connectivity index (χ0n) is 13.2. The molecule has 3 rings (SSSR count). The molecule has 0 unspecified atom stereocenters. The summed E-state index contributed by atoms with van der Waals surface area (Å²) < 4.78 is 13.3. The minimum atomic E-state index is -0.477. The molecule has 0 heterocycles. The molecule has 2 N–H and O–H groups in total. The van der Waals surface area contributed by atoms with Crippen LogP contribution in [0, 0.1) is 5.82 Å². The molecule has 1 aliphatic rings. The zero-order valence-corrected chi connectivity index (χ0v) is 13.2. The zero-order chi connectivity index (χ0) is 16.9. The van der Waals surface area contributed by atoms with Gasteiger partial charge in [0.2, 0.25) is 0 Å². The van der Waals surface area contributed by atoms with Crippen LogP contribution in [-0.4, -0.2) is 17.9 Å². The van der Waals surface area contributed by atoms with Gasteiger partial charge in [0.05, 0.1) is 11.3 Å². The van der Waals surface area contributed by atoms with Crippen molar-refractivity contribution in [3.8, 4) is 0 Å². The minimum Gasteiger partial charge on any atom is -0.349 e. The summed E-state index contributed by atoms with van der Waals surface area (Å²) in [6, 6.07) is 12.5. The smallest absolute Gasteiger partial charge is 0.255 e. The molecule has 0 atom stereocenters. The summed E-state index contributed by atoms with van der Waals surface area (Å²) in [4.78, 5) is 24.7. The van der Waals surface area contributed by atoms with Crippen LogP contribution < -0.4 is 10.6 Å². The molecule has 2 aromatic carbocycles. The monoisotopic (exact) mass is 326 g/mol. The molecule has 1 aliphatic carbocycles. The number of carbonyl (C=O) groups is 2. The highest BCUT2D eigenvalue weighted by atomic mass is 19.1. The van der Waals surface area contributed by atoms with Gasteiger partial charge in [-0.15, -0.1) is 0 Å². The highest BCUT2D eigenvalue weighted by Crippen LogP contribution is 2.21. The van der Waals surface area contributed by atoms with E-state index in [1.165, 1.54) is 18.2 Å². The molecular formula is C19H19FN2O2. The summed E-state index contributed by atoms with van der Waals surface area (Å²) >= 11 is 0. The Morgan fingerprint density at radius 3 is 2.46 bits per heavy atom. The van der Waals surface area contributed by atoms with E-state index < -0.39 is 11.7 Å². The number of hydrogen-bond donors (Lipinski definition) is 2. The molecule has 24 heavy (non-hydrogen) atoms. The second-order valence-corrected chi connectivity index (χ2v) is 5.96. The third-order valence-electron chi connectivity index (χ3n) is 4.20. The second kappa shape index (κ2) is 7.25. The predicted octanol–water partition coefficient (Wildman–Crippen LogP) is 3.75. The van der Waals surface area contributed by atoms with Crippen LogP contribution in [0.5, 0.6) is 0 Å². The number of rotatable bonds is 4. The lowest BCUT2D eigenvalue weighted by molar-refractivity contribution is 0.0939. The van der Waals surface area contributed by atoms with Gasteiger partial charge >= 0.3 is 0 Å². The van der Waals surface area contributed by atoms with Crippen molar-refractivity contribution in [2.75, 3.05) is 5.32 Å². The Bertz CT molecular complexity index is 755. The van der Waals surface area contributed by atoms with E-state index in [-0.39, 0.29) is 17.5 Å². The summed E-state index contributed by atoms with van der Waals surface area (Å²) in [5, 5.41) is 5.70. The molecule has 124 valence electrons. The Balaban J connectivity index is 1.76. The Labute approximate surface area is 140 Å². The van der Waals surface area contributed by atoms with Crippen LogP contribution in [0.2, 0.25) is 0 Å². The van der Waals surface area contributed by atoms with Crippen LogP contribution >= 0.6 is 0 Å². The largest absolute Gasteiger partial charge is 0.349 e. The molecule has 2 amide bonds. The van der Waals surface area contributed by atoms with E-state index in [1.54, 1.807) is 24.3 Å². The van der Waals surface area contributed by atoms with Gasteiger partial charge < -0.3 is 10.6 Å². The fraction of sp³-hybridized carbons (Fsp3) is 0.263. The maximum Gasteiger partial charge on any atom is 0.255 e. The fourth-order valence-electron chi connectivity index (χ4n) is 2.95. The predicted molar refractivity (Wildman–Crippen MR) is 90.5 cm³/mol. The molecule has 4 nitrogen and oxygen atoms in total. The fourth-order valence-corrected chi connectivity index (χ4v) is 2.95. The lowest BCUT2D eigenvalue weighted by Gasteiger charge is -2.15. The topological polar surface area (TPSA) is 58.2 Å². The average Bonchev–Trinajstić information content (AvgIpc) is 3.08. The van der Waals surface area contributed by atoms with Crippen LogP contribution in [0.4, 0.5) is 10.1 Å². The molecule has 0 aliphatic heterocycles.